The lowest BCUT2D eigenvalue weighted by Crippen LogP contribution is -2.32. The molecule has 0 radical (unpaired) electrons. The molecule has 2 aromatic rings. The van der Waals surface area contributed by atoms with Crippen LogP contribution in [0.4, 0.5) is 0 Å². The van der Waals surface area contributed by atoms with Crippen molar-refractivity contribution in [2.24, 2.45) is 5.10 Å². The van der Waals surface area contributed by atoms with Gasteiger partial charge in [-0.2, -0.15) is 5.10 Å². The van der Waals surface area contributed by atoms with Gasteiger partial charge in [-0.25, -0.2) is 0 Å². The maximum absolute atomic E-state index is 5.59. The molecule has 124 valence electrons. The molecule has 0 aliphatic carbocycles. The lowest BCUT2D eigenvalue weighted by atomic mass is 10.1. The molecule has 1 heterocycles. The third-order valence-electron chi connectivity index (χ3n) is 3.58. The van der Waals surface area contributed by atoms with Gasteiger partial charge < -0.3 is 14.8 Å². The van der Waals surface area contributed by atoms with Crippen molar-refractivity contribution in [1.29, 1.82) is 0 Å². The third-order valence-corrected chi connectivity index (χ3v) is 3.82. The normalized spacial score (nSPS) is 13.3. The Morgan fingerprint density at radius 2 is 1.83 bits per heavy atom. The fourth-order valence-corrected chi connectivity index (χ4v) is 2.40. The minimum Gasteiger partial charge on any atom is -0.486 e. The number of rotatable bonds is 4. The van der Waals surface area contributed by atoms with E-state index in [1.54, 1.807) is 0 Å². The molecule has 0 atom stereocenters. The van der Waals surface area contributed by atoms with E-state index in [9.17, 15) is 0 Å². The molecule has 1 aliphatic heterocycles. The lowest BCUT2D eigenvalue weighted by molar-refractivity contribution is 0.171. The molecule has 2 aromatic carbocycles. The van der Waals surface area contributed by atoms with Crippen LogP contribution in [0.1, 0.15) is 18.1 Å². The summed E-state index contributed by atoms with van der Waals surface area (Å²) in [6, 6.07) is 15.8. The second-order valence-corrected chi connectivity index (χ2v) is 5.74. The lowest BCUT2D eigenvalue weighted by Gasteiger charge is -2.18. The predicted octanol–water partition coefficient (Wildman–Crippen LogP) is 2.85. The van der Waals surface area contributed by atoms with Gasteiger partial charge in [0.15, 0.2) is 16.6 Å². The topological polar surface area (TPSA) is 54.9 Å². The van der Waals surface area contributed by atoms with Crippen molar-refractivity contribution in [2.75, 3.05) is 13.2 Å². The number of thiocarbonyl (C=S) groups is 1. The third kappa shape index (κ3) is 4.23. The Morgan fingerprint density at radius 1 is 1.08 bits per heavy atom. The summed E-state index contributed by atoms with van der Waals surface area (Å²) in [5.41, 5.74) is 5.80. The number of hydrazone groups is 1. The molecule has 24 heavy (non-hydrogen) atoms. The van der Waals surface area contributed by atoms with Crippen LogP contribution in [0.15, 0.2) is 53.6 Å². The molecule has 2 N–H and O–H groups in total. The van der Waals surface area contributed by atoms with Gasteiger partial charge in [-0.05, 0) is 42.9 Å². The van der Waals surface area contributed by atoms with Gasteiger partial charge in [0.2, 0.25) is 0 Å². The van der Waals surface area contributed by atoms with E-state index in [4.69, 9.17) is 21.7 Å². The summed E-state index contributed by atoms with van der Waals surface area (Å²) >= 11 is 5.24. The summed E-state index contributed by atoms with van der Waals surface area (Å²) in [7, 11) is 0. The van der Waals surface area contributed by atoms with Crippen molar-refractivity contribution in [2.45, 2.75) is 13.5 Å². The zero-order chi connectivity index (χ0) is 16.8. The molecule has 3 rings (SSSR count). The standard InChI is InChI=1S/C18H19N3O2S/c1-13(15-7-8-16-17(11-15)23-10-9-22-16)20-21-18(24)19-12-14-5-3-2-4-6-14/h2-8,11H,9-10,12H2,1H3,(H2,19,21,24)/b20-13-. The second kappa shape index (κ2) is 7.79. The molecule has 6 heteroatoms. The van der Waals surface area contributed by atoms with Gasteiger partial charge in [0.05, 0.1) is 5.71 Å². The van der Waals surface area contributed by atoms with Gasteiger partial charge in [0.1, 0.15) is 13.2 Å². The molecule has 0 unspecified atom stereocenters. The molecular formula is C18H19N3O2S. The molecule has 0 saturated carbocycles. The smallest absolute Gasteiger partial charge is 0.187 e. The van der Waals surface area contributed by atoms with Crippen molar-refractivity contribution in [1.82, 2.24) is 10.7 Å². The van der Waals surface area contributed by atoms with Crippen LogP contribution in [0.2, 0.25) is 0 Å². The molecule has 0 fully saturated rings. The fourth-order valence-electron chi connectivity index (χ4n) is 2.29. The van der Waals surface area contributed by atoms with Crippen LogP contribution in [0.3, 0.4) is 0 Å². The summed E-state index contributed by atoms with van der Waals surface area (Å²) in [5.74, 6) is 1.52. The average Bonchev–Trinajstić information content (AvgIpc) is 2.65. The van der Waals surface area contributed by atoms with E-state index in [0.717, 1.165) is 28.3 Å². The van der Waals surface area contributed by atoms with E-state index in [1.807, 2.05) is 55.5 Å². The summed E-state index contributed by atoms with van der Waals surface area (Å²) in [5, 5.41) is 7.93. The number of fused-ring (bicyclic) bond motifs is 1. The number of ether oxygens (including phenoxy) is 2. The van der Waals surface area contributed by atoms with Crippen LogP contribution in [-0.2, 0) is 6.54 Å². The van der Waals surface area contributed by atoms with Crippen LogP contribution in [0, 0.1) is 0 Å². The highest BCUT2D eigenvalue weighted by Crippen LogP contribution is 2.30. The average molecular weight is 341 g/mol. The molecule has 0 amide bonds. The first-order chi connectivity index (χ1) is 11.7. The van der Waals surface area contributed by atoms with E-state index in [-0.39, 0.29) is 0 Å². The zero-order valence-electron chi connectivity index (χ0n) is 13.4. The first kappa shape index (κ1) is 16.3. The number of nitrogens with one attached hydrogen (secondary N) is 2. The van der Waals surface area contributed by atoms with Gasteiger partial charge in [0.25, 0.3) is 0 Å². The summed E-state index contributed by atoms with van der Waals surface area (Å²) in [6.07, 6.45) is 0. The fraction of sp³-hybridized carbons (Fsp3) is 0.222. The Morgan fingerprint density at radius 3 is 2.62 bits per heavy atom. The molecule has 0 aromatic heterocycles. The largest absolute Gasteiger partial charge is 0.486 e. The second-order valence-electron chi connectivity index (χ2n) is 5.34. The molecule has 0 saturated heterocycles. The molecule has 1 aliphatic rings. The first-order valence-corrected chi connectivity index (χ1v) is 8.15. The Labute approximate surface area is 146 Å². The summed E-state index contributed by atoms with van der Waals surface area (Å²) in [6.45, 7) is 3.73. The summed E-state index contributed by atoms with van der Waals surface area (Å²) < 4.78 is 11.1. The highest BCUT2D eigenvalue weighted by Gasteiger charge is 2.12. The van der Waals surface area contributed by atoms with Crippen molar-refractivity contribution in [3.8, 4) is 11.5 Å². The Kier molecular flexibility index (Phi) is 5.28. The molecule has 0 bridgehead atoms. The molecular weight excluding hydrogens is 322 g/mol. The highest BCUT2D eigenvalue weighted by atomic mass is 32.1. The van der Waals surface area contributed by atoms with Gasteiger partial charge in [0, 0.05) is 12.1 Å². The van der Waals surface area contributed by atoms with E-state index in [1.165, 1.54) is 0 Å². The highest BCUT2D eigenvalue weighted by molar-refractivity contribution is 7.80. The van der Waals surface area contributed by atoms with Gasteiger partial charge in [-0.1, -0.05) is 30.3 Å². The molecule has 0 spiro atoms. The Balaban J connectivity index is 1.56. The minimum absolute atomic E-state index is 0.482. The Bertz CT molecular complexity index is 747. The van der Waals surface area contributed by atoms with Crippen LogP contribution in [0.5, 0.6) is 11.5 Å². The van der Waals surface area contributed by atoms with E-state index in [2.05, 4.69) is 15.8 Å². The van der Waals surface area contributed by atoms with E-state index < -0.39 is 0 Å². The van der Waals surface area contributed by atoms with Crippen LogP contribution >= 0.6 is 12.2 Å². The van der Waals surface area contributed by atoms with Crippen molar-refractivity contribution < 1.29 is 9.47 Å². The number of hydrogen-bond acceptors (Lipinski definition) is 4. The zero-order valence-corrected chi connectivity index (χ0v) is 14.2. The Hall–Kier alpha value is -2.60. The molecule has 5 nitrogen and oxygen atoms in total. The van der Waals surface area contributed by atoms with E-state index in [0.29, 0.717) is 24.9 Å². The quantitative estimate of drug-likeness (QED) is 0.509. The van der Waals surface area contributed by atoms with Crippen LogP contribution in [-0.4, -0.2) is 24.0 Å². The number of benzene rings is 2. The van der Waals surface area contributed by atoms with Crippen molar-refractivity contribution in [3.05, 3.63) is 59.7 Å². The van der Waals surface area contributed by atoms with Crippen molar-refractivity contribution >= 4 is 23.0 Å². The first-order valence-electron chi connectivity index (χ1n) is 7.74. The minimum atomic E-state index is 0.482. The monoisotopic (exact) mass is 341 g/mol. The predicted molar refractivity (Wildman–Crippen MR) is 98.7 cm³/mol. The van der Waals surface area contributed by atoms with Gasteiger partial charge in [-0.15, -0.1) is 0 Å². The number of nitrogens with zero attached hydrogens (tertiary/aromatic N) is 1. The maximum Gasteiger partial charge on any atom is 0.187 e. The van der Waals surface area contributed by atoms with Crippen molar-refractivity contribution in [3.63, 3.8) is 0 Å². The van der Waals surface area contributed by atoms with E-state index >= 15 is 0 Å². The van der Waals surface area contributed by atoms with Gasteiger partial charge in [-0.3, -0.25) is 5.43 Å². The van der Waals surface area contributed by atoms with Crippen LogP contribution < -0.4 is 20.2 Å². The van der Waals surface area contributed by atoms with Crippen LogP contribution in [0.25, 0.3) is 0 Å². The van der Waals surface area contributed by atoms with Gasteiger partial charge >= 0.3 is 0 Å². The summed E-state index contributed by atoms with van der Waals surface area (Å²) in [4.78, 5) is 0. The number of hydrogen-bond donors (Lipinski definition) is 2. The SMILES string of the molecule is C/C(=N/NC(=S)NCc1ccccc1)c1ccc2c(c1)OCCO2. The maximum atomic E-state index is 5.59.